The van der Waals surface area contributed by atoms with E-state index in [0.717, 1.165) is 22.2 Å². The predicted molar refractivity (Wildman–Crippen MR) is 117 cm³/mol. The van der Waals surface area contributed by atoms with Crippen molar-refractivity contribution in [3.05, 3.63) is 76.4 Å². The first kappa shape index (κ1) is 20.7. The van der Waals surface area contributed by atoms with Gasteiger partial charge in [0.2, 0.25) is 0 Å². The summed E-state index contributed by atoms with van der Waals surface area (Å²) in [6, 6.07) is 16.6. The van der Waals surface area contributed by atoms with Crippen molar-refractivity contribution >= 4 is 46.4 Å². The standard InChI is InChI=1S/C24H22ClNO3/c1-24(2,3)29-23(28)15-22(27)18-6-4-5-16(13-18)7-11-20-12-9-17-8-10-19(25)14-21(17)26-20/h4-14H,15H2,1-3H3/b11-7+. The topological polar surface area (TPSA) is 56.3 Å². The number of fused-ring (bicyclic) bond motifs is 1. The molecule has 0 fully saturated rings. The van der Waals surface area contributed by atoms with Crippen LogP contribution in [0.2, 0.25) is 5.02 Å². The summed E-state index contributed by atoms with van der Waals surface area (Å²) in [5, 5.41) is 1.66. The first-order chi connectivity index (χ1) is 13.7. The predicted octanol–water partition coefficient (Wildman–Crippen LogP) is 5.97. The molecule has 1 heterocycles. The number of carbonyl (C=O) groups is 2. The molecular weight excluding hydrogens is 386 g/mol. The maximum absolute atomic E-state index is 12.4. The highest BCUT2D eigenvalue weighted by atomic mass is 35.5. The quantitative estimate of drug-likeness (QED) is 0.297. The molecule has 0 radical (unpaired) electrons. The van der Waals surface area contributed by atoms with E-state index in [0.29, 0.717) is 10.6 Å². The molecule has 0 atom stereocenters. The molecule has 3 rings (SSSR count). The van der Waals surface area contributed by atoms with E-state index in [1.165, 1.54) is 0 Å². The van der Waals surface area contributed by atoms with Crippen molar-refractivity contribution in [1.82, 2.24) is 4.98 Å². The molecule has 0 amide bonds. The molecule has 0 unspecified atom stereocenters. The molecule has 0 aliphatic carbocycles. The van der Waals surface area contributed by atoms with E-state index in [2.05, 4.69) is 4.98 Å². The zero-order valence-corrected chi connectivity index (χ0v) is 17.4. The Hall–Kier alpha value is -2.98. The van der Waals surface area contributed by atoms with E-state index < -0.39 is 11.6 Å². The second-order valence-electron chi connectivity index (χ2n) is 7.72. The minimum absolute atomic E-state index is 0.270. The summed E-state index contributed by atoms with van der Waals surface area (Å²) in [5.74, 6) is -0.796. The van der Waals surface area contributed by atoms with Crippen LogP contribution >= 0.6 is 11.6 Å². The number of Topliss-reactive ketones (excluding diaryl/α,β-unsaturated/α-hetero) is 1. The minimum Gasteiger partial charge on any atom is -0.460 e. The van der Waals surface area contributed by atoms with Crippen LogP contribution in [-0.2, 0) is 9.53 Å². The minimum atomic E-state index is -0.612. The molecule has 0 N–H and O–H groups in total. The van der Waals surface area contributed by atoms with Gasteiger partial charge in [-0.25, -0.2) is 4.98 Å². The van der Waals surface area contributed by atoms with Crippen LogP contribution in [0.15, 0.2) is 54.6 Å². The van der Waals surface area contributed by atoms with Gasteiger partial charge in [-0.05, 0) is 56.7 Å². The van der Waals surface area contributed by atoms with Crippen molar-refractivity contribution in [2.45, 2.75) is 32.8 Å². The molecular formula is C24H22ClNO3. The largest absolute Gasteiger partial charge is 0.460 e. The van der Waals surface area contributed by atoms with E-state index in [1.54, 1.807) is 39.0 Å². The molecule has 1 aromatic heterocycles. The number of benzene rings is 2. The van der Waals surface area contributed by atoms with Crippen LogP contribution in [0, 0.1) is 0 Å². The highest BCUT2D eigenvalue weighted by Gasteiger charge is 2.19. The molecule has 5 heteroatoms. The van der Waals surface area contributed by atoms with Gasteiger partial charge in [-0.1, -0.05) is 48.0 Å². The number of rotatable bonds is 5. The Labute approximate surface area is 175 Å². The Bertz CT molecular complexity index is 1100. The summed E-state index contributed by atoms with van der Waals surface area (Å²) in [6.07, 6.45) is 3.47. The van der Waals surface area contributed by atoms with Gasteiger partial charge in [0, 0.05) is 16.0 Å². The van der Waals surface area contributed by atoms with Crippen LogP contribution in [0.5, 0.6) is 0 Å². The van der Waals surface area contributed by atoms with Crippen LogP contribution in [0.3, 0.4) is 0 Å². The maximum atomic E-state index is 12.4. The van der Waals surface area contributed by atoms with Gasteiger partial charge in [-0.2, -0.15) is 0 Å². The van der Waals surface area contributed by atoms with E-state index in [1.807, 2.05) is 48.6 Å². The zero-order chi connectivity index (χ0) is 21.0. The van der Waals surface area contributed by atoms with Gasteiger partial charge in [0.25, 0.3) is 0 Å². The van der Waals surface area contributed by atoms with E-state index in [9.17, 15) is 9.59 Å². The molecule has 0 spiro atoms. The number of hydrogen-bond donors (Lipinski definition) is 0. The van der Waals surface area contributed by atoms with Crippen molar-refractivity contribution in [3.8, 4) is 0 Å². The summed E-state index contributed by atoms with van der Waals surface area (Å²) >= 11 is 6.04. The monoisotopic (exact) mass is 407 g/mol. The van der Waals surface area contributed by atoms with Crippen molar-refractivity contribution < 1.29 is 14.3 Å². The molecule has 0 bridgehead atoms. The Morgan fingerprint density at radius 3 is 2.55 bits per heavy atom. The lowest BCUT2D eigenvalue weighted by molar-refractivity contribution is -0.153. The maximum Gasteiger partial charge on any atom is 0.314 e. The highest BCUT2D eigenvalue weighted by molar-refractivity contribution is 6.31. The third-order valence-corrected chi connectivity index (χ3v) is 4.29. The fourth-order valence-corrected chi connectivity index (χ4v) is 2.97. The van der Waals surface area contributed by atoms with Gasteiger partial charge >= 0.3 is 5.97 Å². The van der Waals surface area contributed by atoms with Crippen molar-refractivity contribution in [1.29, 1.82) is 0 Å². The normalized spacial score (nSPS) is 11.7. The van der Waals surface area contributed by atoms with Crippen molar-refractivity contribution in [2.75, 3.05) is 0 Å². The number of halogens is 1. The third kappa shape index (κ3) is 6.00. The molecule has 4 nitrogen and oxygen atoms in total. The lowest BCUT2D eigenvalue weighted by atomic mass is 10.0. The fourth-order valence-electron chi connectivity index (χ4n) is 2.81. The number of aromatic nitrogens is 1. The fraction of sp³-hybridized carbons (Fsp3) is 0.208. The van der Waals surface area contributed by atoms with Crippen LogP contribution in [-0.4, -0.2) is 22.3 Å². The first-order valence-electron chi connectivity index (χ1n) is 9.29. The summed E-state index contributed by atoms with van der Waals surface area (Å²) in [7, 11) is 0. The van der Waals surface area contributed by atoms with Gasteiger partial charge in [-0.3, -0.25) is 9.59 Å². The molecule has 0 saturated carbocycles. The number of hydrogen-bond acceptors (Lipinski definition) is 4. The molecule has 0 aliphatic heterocycles. The molecule has 3 aromatic rings. The molecule has 148 valence electrons. The highest BCUT2D eigenvalue weighted by Crippen LogP contribution is 2.19. The Kier molecular flexibility index (Phi) is 6.14. The van der Waals surface area contributed by atoms with Crippen molar-refractivity contribution in [3.63, 3.8) is 0 Å². The van der Waals surface area contributed by atoms with Gasteiger partial charge in [0.05, 0.1) is 11.2 Å². The summed E-state index contributed by atoms with van der Waals surface area (Å²) in [5.41, 5.74) is 2.30. The second-order valence-corrected chi connectivity index (χ2v) is 8.15. The van der Waals surface area contributed by atoms with Gasteiger partial charge < -0.3 is 4.74 Å². The van der Waals surface area contributed by atoms with Crippen molar-refractivity contribution in [2.24, 2.45) is 0 Å². The number of pyridine rings is 1. The molecule has 0 aliphatic rings. The Morgan fingerprint density at radius 1 is 1.03 bits per heavy atom. The summed E-state index contributed by atoms with van der Waals surface area (Å²) in [6.45, 7) is 5.32. The average Bonchev–Trinajstić information content (AvgIpc) is 2.64. The zero-order valence-electron chi connectivity index (χ0n) is 16.6. The van der Waals surface area contributed by atoms with Crippen LogP contribution in [0.25, 0.3) is 23.1 Å². The Balaban J connectivity index is 1.74. The smallest absolute Gasteiger partial charge is 0.314 e. The van der Waals surface area contributed by atoms with Gasteiger partial charge in [-0.15, -0.1) is 0 Å². The molecule has 2 aromatic carbocycles. The van der Waals surface area contributed by atoms with E-state index in [-0.39, 0.29) is 12.2 Å². The SMILES string of the molecule is CC(C)(C)OC(=O)CC(=O)c1cccc(/C=C/c2ccc3ccc(Cl)cc3n2)c1. The molecule has 29 heavy (non-hydrogen) atoms. The number of ether oxygens (including phenoxy) is 1. The van der Waals surface area contributed by atoms with Crippen LogP contribution in [0.1, 0.15) is 48.8 Å². The number of nitrogens with zero attached hydrogens (tertiary/aromatic N) is 1. The van der Waals surface area contributed by atoms with Crippen LogP contribution in [0.4, 0.5) is 0 Å². The van der Waals surface area contributed by atoms with E-state index in [4.69, 9.17) is 16.3 Å². The number of carbonyl (C=O) groups excluding carboxylic acids is 2. The third-order valence-electron chi connectivity index (χ3n) is 4.06. The summed E-state index contributed by atoms with van der Waals surface area (Å²) in [4.78, 5) is 28.9. The second kappa shape index (κ2) is 8.58. The Morgan fingerprint density at radius 2 is 1.79 bits per heavy atom. The summed E-state index contributed by atoms with van der Waals surface area (Å²) < 4.78 is 5.22. The average molecular weight is 408 g/mol. The molecule has 0 saturated heterocycles. The van der Waals surface area contributed by atoms with Gasteiger partial charge in [0.15, 0.2) is 5.78 Å². The number of esters is 1. The van der Waals surface area contributed by atoms with Gasteiger partial charge in [0.1, 0.15) is 12.0 Å². The lowest BCUT2D eigenvalue weighted by Gasteiger charge is -2.19. The first-order valence-corrected chi connectivity index (χ1v) is 9.67. The van der Waals surface area contributed by atoms with Crippen LogP contribution < -0.4 is 0 Å². The lowest BCUT2D eigenvalue weighted by Crippen LogP contribution is -2.25. The van der Waals surface area contributed by atoms with E-state index >= 15 is 0 Å². The number of ketones is 1.